The summed E-state index contributed by atoms with van der Waals surface area (Å²) in [5.41, 5.74) is 0.755. The van der Waals surface area contributed by atoms with Gasteiger partial charge in [0.25, 0.3) is 0 Å². The number of β-lactam (4-membered cyclic amide) rings is 1. The molecule has 1 aliphatic heterocycles. The van der Waals surface area contributed by atoms with Crippen LogP contribution in [0.25, 0.3) is 0 Å². The van der Waals surface area contributed by atoms with E-state index in [1.807, 2.05) is 6.07 Å². The number of β-amino-alcohol motifs (C(OH)–C–C–N with tert-alkyl or cyclic N) is 1. The van der Waals surface area contributed by atoms with Gasteiger partial charge in [-0.05, 0) is 17.7 Å². The van der Waals surface area contributed by atoms with Gasteiger partial charge in [0.1, 0.15) is 0 Å². The van der Waals surface area contributed by atoms with Crippen molar-refractivity contribution in [2.75, 3.05) is 13.2 Å². The lowest BCUT2D eigenvalue weighted by Gasteiger charge is -2.46. The Bertz CT molecular complexity index is 790. The predicted octanol–water partition coefficient (Wildman–Crippen LogP) is 1.40. The fourth-order valence-electron chi connectivity index (χ4n) is 2.94. The van der Waals surface area contributed by atoms with Gasteiger partial charge in [0, 0.05) is 6.54 Å². The molecular formula is C17H17NO4S. The van der Waals surface area contributed by atoms with Crippen LogP contribution in [0.2, 0.25) is 0 Å². The molecule has 1 saturated heterocycles. The second kappa shape index (κ2) is 6.14. The van der Waals surface area contributed by atoms with Crippen LogP contribution in [0, 0.1) is 0 Å². The molecule has 6 heteroatoms. The summed E-state index contributed by atoms with van der Waals surface area (Å²) in [4.78, 5) is 13.9. The van der Waals surface area contributed by atoms with E-state index in [0.717, 1.165) is 5.56 Å². The molecule has 0 aliphatic carbocycles. The average Bonchev–Trinajstić information content (AvgIpc) is 2.58. The first kappa shape index (κ1) is 15.7. The van der Waals surface area contributed by atoms with Gasteiger partial charge in [0.05, 0.1) is 17.5 Å². The van der Waals surface area contributed by atoms with E-state index in [1.165, 1.54) is 17.0 Å². The van der Waals surface area contributed by atoms with E-state index in [-0.39, 0.29) is 18.0 Å². The van der Waals surface area contributed by atoms with Gasteiger partial charge in [-0.25, -0.2) is 8.42 Å². The fraction of sp³-hybridized carbons (Fsp3) is 0.235. The van der Waals surface area contributed by atoms with E-state index in [9.17, 15) is 13.2 Å². The highest BCUT2D eigenvalue weighted by Gasteiger charge is 2.55. The molecule has 0 saturated carbocycles. The topological polar surface area (TPSA) is 74.7 Å². The molecule has 0 unspecified atom stereocenters. The first-order valence-corrected chi connectivity index (χ1v) is 8.87. The number of carbonyl (C=O) groups excluding carboxylic acids is 1. The zero-order valence-corrected chi connectivity index (χ0v) is 13.2. The molecule has 0 radical (unpaired) electrons. The van der Waals surface area contributed by atoms with Gasteiger partial charge in [-0.2, -0.15) is 0 Å². The quantitative estimate of drug-likeness (QED) is 0.841. The first-order chi connectivity index (χ1) is 11.1. The number of benzene rings is 2. The summed E-state index contributed by atoms with van der Waals surface area (Å²) in [6.07, 6.45) is 0. The Morgan fingerprint density at radius 1 is 0.957 bits per heavy atom. The fourth-order valence-corrected chi connectivity index (χ4v) is 4.81. The van der Waals surface area contributed by atoms with Crippen molar-refractivity contribution < 1.29 is 18.3 Å². The van der Waals surface area contributed by atoms with Gasteiger partial charge < -0.3 is 10.0 Å². The smallest absolute Gasteiger partial charge is 0.244 e. The zero-order valence-electron chi connectivity index (χ0n) is 12.4. The summed E-state index contributed by atoms with van der Waals surface area (Å²) in [6.45, 7) is -0.0770. The van der Waals surface area contributed by atoms with Crippen LogP contribution in [0.15, 0.2) is 65.6 Å². The molecule has 1 aliphatic rings. The number of likely N-dealkylation sites (tertiary alicyclic amines) is 1. The van der Waals surface area contributed by atoms with Crippen LogP contribution >= 0.6 is 0 Å². The van der Waals surface area contributed by atoms with Crippen molar-refractivity contribution in [1.29, 1.82) is 0 Å². The largest absolute Gasteiger partial charge is 0.395 e. The first-order valence-electron chi connectivity index (χ1n) is 7.32. The highest BCUT2D eigenvalue weighted by molar-refractivity contribution is 7.93. The second-order valence-electron chi connectivity index (χ2n) is 5.39. The molecule has 1 heterocycles. The third kappa shape index (κ3) is 2.64. The van der Waals surface area contributed by atoms with E-state index in [2.05, 4.69) is 0 Å². The molecule has 0 spiro atoms. The van der Waals surface area contributed by atoms with Crippen LogP contribution in [0.3, 0.4) is 0 Å². The van der Waals surface area contributed by atoms with Gasteiger partial charge in [-0.3, -0.25) is 4.79 Å². The van der Waals surface area contributed by atoms with E-state index < -0.39 is 27.0 Å². The molecule has 0 aromatic heterocycles. The third-order valence-corrected chi connectivity index (χ3v) is 6.09. The lowest BCUT2D eigenvalue weighted by Crippen LogP contribution is -2.62. The summed E-state index contributed by atoms with van der Waals surface area (Å²) in [7, 11) is -3.77. The molecular weight excluding hydrogens is 314 g/mol. The van der Waals surface area contributed by atoms with E-state index >= 15 is 0 Å². The molecule has 2 aromatic rings. The van der Waals surface area contributed by atoms with E-state index in [0.29, 0.717) is 0 Å². The van der Waals surface area contributed by atoms with Gasteiger partial charge in [-0.15, -0.1) is 0 Å². The number of hydrogen-bond acceptors (Lipinski definition) is 4. The van der Waals surface area contributed by atoms with Crippen LogP contribution in [0.4, 0.5) is 0 Å². The monoisotopic (exact) mass is 331 g/mol. The number of nitrogens with zero attached hydrogens (tertiary/aromatic N) is 1. The van der Waals surface area contributed by atoms with Crippen molar-refractivity contribution >= 4 is 15.7 Å². The molecule has 23 heavy (non-hydrogen) atoms. The van der Waals surface area contributed by atoms with Crippen LogP contribution in [0.5, 0.6) is 0 Å². The summed E-state index contributed by atoms with van der Waals surface area (Å²) in [5.74, 6) is -0.461. The van der Waals surface area contributed by atoms with Crippen LogP contribution < -0.4 is 0 Å². The Labute approximate surface area is 135 Å². The highest BCUT2D eigenvalue weighted by atomic mass is 32.2. The second-order valence-corrected chi connectivity index (χ2v) is 7.46. The maximum Gasteiger partial charge on any atom is 0.244 e. The molecule has 5 nitrogen and oxygen atoms in total. The Morgan fingerprint density at radius 2 is 1.52 bits per heavy atom. The number of aliphatic hydroxyl groups is 1. The molecule has 2 aromatic carbocycles. The van der Waals surface area contributed by atoms with E-state index in [1.54, 1.807) is 42.5 Å². The van der Waals surface area contributed by atoms with Crippen molar-refractivity contribution in [3.8, 4) is 0 Å². The molecule has 2 atom stereocenters. The Morgan fingerprint density at radius 3 is 2.09 bits per heavy atom. The van der Waals surface area contributed by atoms with Gasteiger partial charge in [0.15, 0.2) is 15.1 Å². The number of carbonyl (C=O) groups is 1. The lowest BCUT2D eigenvalue weighted by molar-refractivity contribution is -0.146. The average molecular weight is 331 g/mol. The van der Waals surface area contributed by atoms with Crippen molar-refractivity contribution in [3.63, 3.8) is 0 Å². The van der Waals surface area contributed by atoms with Gasteiger partial charge in [0.2, 0.25) is 5.91 Å². The van der Waals surface area contributed by atoms with Crippen molar-refractivity contribution in [3.05, 3.63) is 66.2 Å². The van der Waals surface area contributed by atoms with Gasteiger partial charge in [-0.1, -0.05) is 48.5 Å². The summed E-state index contributed by atoms with van der Waals surface area (Å²) in [5, 5.41) is 8.01. The standard InChI is InChI=1S/C17H17NO4S/c19-12-11-18-15(13-7-3-1-4-8-13)16(17(18)20)23(21,22)14-9-5-2-6-10-14/h1-10,15-16,19H,11-12H2/t15-,16-/m1/s1. The Kier molecular flexibility index (Phi) is 4.19. The molecule has 3 rings (SSSR count). The minimum atomic E-state index is -3.77. The number of hydrogen-bond donors (Lipinski definition) is 1. The van der Waals surface area contributed by atoms with Crippen LogP contribution in [0.1, 0.15) is 11.6 Å². The van der Waals surface area contributed by atoms with Crippen LogP contribution in [-0.4, -0.2) is 42.7 Å². The Balaban J connectivity index is 2.02. The molecule has 0 bridgehead atoms. The third-order valence-electron chi connectivity index (χ3n) is 4.04. The van der Waals surface area contributed by atoms with Gasteiger partial charge >= 0.3 is 0 Å². The lowest BCUT2D eigenvalue weighted by atomic mass is 9.93. The summed E-state index contributed by atoms with van der Waals surface area (Å²) < 4.78 is 25.7. The normalized spacial score (nSPS) is 21.1. The van der Waals surface area contributed by atoms with Crippen molar-refractivity contribution in [1.82, 2.24) is 4.90 Å². The number of aliphatic hydroxyl groups excluding tert-OH is 1. The molecule has 120 valence electrons. The maximum atomic E-state index is 12.8. The number of sulfone groups is 1. The van der Waals surface area contributed by atoms with Crippen molar-refractivity contribution in [2.24, 2.45) is 0 Å². The Hall–Kier alpha value is -2.18. The van der Waals surface area contributed by atoms with E-state index in [4.69, 9.17) is 5.11 Å². The molecule has 1 amide bonds. The van der Waals surface area contributed by atoms with Crippen molar-refractivity contribution in [2.45, 2.75) is 16.2 Å². The zero-order chi connectivity index (χ0) is 16.4. The summed E-state index contributed by atoms with van der Waals surface area (Å²) >= 11 is 0. The minimum absolute atomic E-state index is 0.124. The SMILES string of the molecule is O=C1[C@H](S(=O)(=O)c2ccccc2)[C@@H](c2ccccc2)N1CCO. The minimum Gasteiger partial charge on any atom is -0.395 e. The van der Waals surface area contributed by atoms with Crippen LogP contribution in [-0.2, 0) is 14.6 Å². The molecule has 1 N–H and O–H groups in total. The molecule has 1 fully saturated rings. The number of amides is 1. The number of rotatable bonds is 5. The highest BCUT2D eigenvalue weighted by Crippen LogP contribution is 2.41. The maximum absolute atomic E-state index is 12.8. The predicted molar refractivity (Wildman–Crippen MR) is 85.4 cm³/mol. The summed E-state index contributed by atoms with van der Waals surface area (Å²) in [6, 6.07) is 16.5.